The summed E-state index contributed by atoms with van der Waals surface area (Å²) >= 11 is 6.10. The highest BCUT2D eigenvalue weighted by atomic mass is 35.5. The number of aryl methyl sites for hydroxylation is 2. The van der Waals surface area contributed by atoms with E-state index in [2.05, 4.69) is 5.32 Å². The number of para-hydroxylation sites is 2. The molecule has 168 valence electrons. The van der Waals surface area contributed by atoms with Gasteiger partial charge in [-0.2, -0.15) is 0 Å². The summed E-state index contributed by atoms with van der Waals surface area (Å²) in [5.41, 5.74) is 4.23. The number of anilines is 2. The summed E-state index contributed by atoms with van der Waals surface area (Å²) in [6, 6.07) is 20.0. The van der Waals surface area contributed by atoms with E-state index in [-0.39, 0.29) is 11.8 Å². The Morgan fingerprint density at radius 2 is 1.61 bits per heavy atom. The standard InChI is InChI=1S/C27H25ClN2O3/c1-16(2)33-23-8-6-5-7-22(23)30-26(31)24(19-11-9-17(3)10-12-19)25(27(30)32)29-21-14-13-20(28)15-18(21)4/h5-16,29H,1-4H3. The van der Waals surface area contributed by atoms with E-state index in [4.69, 9.17) is 16.3 Å². The van der Waals surface area contributed by atoms with Gasteiger partial charge in [0, 0.05) is 10.7 Å². The second-order valence-electron chi connectivity index (χ2n) is 8.28. The van der Waals surface area contributed by atoms with E-state index in [0.29, 0.717) is 33.3 Å². The van der Waals surface area contributed by atoms with Crippen LogP contribution in [0.3, 0.4) is 0 Å². The quantitative estimate of drug-likeness (QED) is 0.449. The van der Waals surface area contributed by atoms with Crippen molar-refractivity contribution >= 4 is 40.4 Å². The first-order valence-corrected chi connectivity index (χ1v) is 11.1. The summed E-state index contributed by atoms with van der Waals surface area (Å²) in [6.45, 7) is 7.67. The van der Waals surface area contributed by atoms with Crippen molar-refractivity contribution in [2.24, 2.45) is 0 Å². The lowest BCUT2D eigenvalue weighted by Gasteiger charge is -2.20. The third-order valence-corrected chi connectivity index (χ3v) is 5.58. The van der Waals surface area contributed by atoms with E-state index in [1.54, 1.807) is 36.4 Å². The van der Waals surface area contributed by atoms with Crippen molar-refractivity contribution in [3.8, 4) is 5.75 Å². The molecule has 3 aromatic carbocycles. The van der Waals surface area contributed by atoms with Crippen molar-refractivity contribution in [2.75, 3.05) is 10.2 Å². The molecule has 3 aromatic rings. The molecule has 0 fully saturated rings. The molecule has 0 spiro atoms. The summed E-state index contributed by atoms with van der Waals surface area (Å²) in [6.07, 6.45) is -0.113. The minimum absolute atomic E-state index is 0.113. The van der Waals surface area contributed by atoms with Crippen LogP contribution in [0.2, 0.25) is 5.02 Å². The summed E-state index contributed by atoms with van der Waals surface area (Å²) in [4.78, 5) is 28.6. The molecule has 4 rings (SSSR count). The Kier molecular flexibility index (Phi) is 6.25. The zero-order valence-electron chi connectivity index (χ0n) is 19.0. The van der Waals surface area contributed by atoms with E-state index in [1.807, 2.05) is 58.0 Å². The Labute approximate surface area is 198 Å². The summed E-state index contributed by atoms with van der Waals surface area (Å²) < 4.78 is 5.90. The third-order valence-electron chi connectivity index (χ3n) is 5.34. The van der Waals surface area contributed by atoms with Gasteiger partial charge in [-0.1, -0.05) is 53.6 Å². The van der Waals surface area contributed by atoms with Gasteiger partial charge in [0.05, 0.1) is 17.4 Å². The highest BCUT2D eigenvalue weighted by molar-refractivity contribution is 6.46. The van der Waals surface area contributed by atoms with Gasteiger partial charge < -0.3 is 10.1 Å². The summed E-state index contributed by atoms with van der Waals surface area (Å²) in [5, 5.41) is 3.81. The molecule has 6 heteroatoms. The summed E-state index contributed by atoms with van der Waals surface area (Å²) in [7, 11) is 0. The average Bonchev–Trinajstić information content (AvgIpc) is 3.00. The van der Waals surface area contributed by atoms with Crippen LogP contribution in [-0.4, -0.2) is 17.9 Å². The highest BCUT2D eigenvalue weighted by Gasteiger charge is 2.41. The third kappa shape index (κ3) is 4.50. The Bertz CT molecular complexity index is 1260. The number of rotatable bonds is 6. The van der Waals surface area contributed by atoms with Crippen LogP contribution in [0.1, 0.15) is 30.5 Å². The molecule has 0 atom stereocenters. The van der Waals surface area contributed by atoms with Gasteiger partial charge in [-0.25, -0.2) is 4.90 Å². The molecule has 0 saturated heterocycles. The van der Waals surface area contributed by atoms with E-state index in [9.17, 15) is 9.59 Å². The molecule has 33 heavy (non-hydrogen) atoms. The van der Waals surface area contributed by atoms with Gasteiger partial charge >= 0.3 is 0 Å². The zero-order valence-corrected chi connectivity index (χ0v) is 19.7. The molecule has 0 radical (unpaired) electrons. The molecule has 1 heterocycles. The van der Waals surface area contributed by atoms with Crippen LogP contribution >= 0.6 is 11.6 Å². The van der Waals surface area contributed by atoms with Crippen molar-refractivity contribution in [1.29, 1.82) is 0 Å². The van der Waals surface area contributed by atoms with Gasteiger partial charge in [0.1, 0.15) is 11.4 Å². The Balaban J connectivity index is 1.84. The van der Waals surface area contributed by atoms with Crippen molar-refractivity contribution in [1.82, 2.24) is 0 Å². The fraction of sp³-hybridized carbons (Fsp3) is 0.185. The molecule has 1 N–H and O–H groups in total. The highest BCUT2D eigenvalue weighted by Crippen LogP contribution is 2.38. The number of carbonyl (C=O) groups is 2. The molecule has 2 amide bonds. The van der Waals surface area contributed by atoms with Crippen LogP contribution in [0.25, 0.3) is 5.57 Å². The maximum absolute atomic E-state index is 13.7. The van der Waals surface area contributed by atoms with Crippen LogP contribution in [0.4, 0.5) is 11.4 Å². The SMILES string of the molecule is Cc1ccc(C2=C(Nc3ccc(Cl)cc3C)C(=O)N(c3ccccc3OC(C)C)C2=O)cc1. The largest absolute Gasteiger partial charge is 0.489 e. The van der Waals surface area contributed by atoms with Crippen molar-refractivity contribution in [3.63, 3.8) is 0 Å². The average molecular weight is 461 g/mol. The van der Waals surface area contributed by atoms with E-state index < -0.39 is 11.8 Å². The second kappa shape index (κ2) is 9.12. The fourth-order valence-electron chi connectivity index (χ4n) is 3.75. The van der Waals surface area contributed by atoms with Crippen molar-refractivity contribution in [3.05, 3.63) is 94.1 Å². The number of nitrogens with zero attached hydrogens (tertiary/aromatic N) is 1. The maximum atomic E-state index is 13.7. The first-order chi connectivity index (χ1) is 15.8. The number of imide groups is 1. The molecule has 5 nitrogen and oxygen atoms in total. The molecular weight excluding hydrogens is 436 g/mol. The van der Waals surface area contributed by atoms with Gasteiger partial charge in [0.2, 0.25) is 0 Å². The van der Waals surface area contributed by atoms with Gasteiger partial charge in [0.15, 0.2) is 0 Å². The van der Waals surface area contributed by atoms with Crippen LogP contribution in [0.15, 0.2) is 72.4 Å². The van der Waals surface area contributed by atoms with Crippen LogP contribution < -0.4 is 15.0 Å². The zero-order chi connectivity index (χ0) is 23.7. The Hall–Kier alpha value is -3.57. The monoisotopic (exact) mass is 460 g/mol. The number of ether oxygens (including phenoxy) is 1. The molecule has 0 aromatic heterocycles. The number of amides is 2. The lowest BCUT2D eigenvalue weighted by molar-refractivity contribution is -0.120. The number of nitrogens with one attached hydrogen (secondary N) is 1. The van der Waals surface area contributed by atoms with Gasteiger partial charge in [-0.15, -0.1) is 0 Å². The predicted molar refractivity (Wildman–Crippen MR) is 133 cm³/mol. The number of hydrogen-bond donors (Lipinski definition) is 1. The van der Waals surface area contributed by atoms with Gasteiger partial charge in [0.25, 0.3) is 11.8 Å². The minimum atomic E-state index is -0.440. The smallest absolute Gasteiger partial charge is 0.282 e. The first-order valence-electron chi connectivity index (χ1n) is 10.7. The lowest BCUT2D eigenvalue weighted by Crippen LogP contribution is -2.33. The normalized spacial score (nSPS) is 13.8. The Morgan fingerprint density at radius 1 is 0.909 bits per heavy atom. The molecule has 1 aliphatic rings. The lowest BCUT2D eigenvalue weighted by atomic mass is 10.0. The topological polar surface area (TPSA) is 58.6 Å². The summed E-state index contributed by atoms with van der Waals surface area (Å²) in [5.74, 6) is -0.371. The number of halogens is 1. The molecule has 1 aliphatic heterocycles. The molecule has 0 saturated carbocycles. The maximum Gasteiger partial charge on any atom is 0.282 e. The van der Waals surface area contributed by atoms with Crippen LogP contribution in [0, 0.1) is 13.8 Å². The molecule has 0 aliphatic carbocycles. The number of hydrogen-bond acceptors (Lipinski definition) is 4. The molecule has 0 bridgehead atoms. The van der Waals surface area contributed by atoms with Crippen LogP contribution in [0.5, 0.6) is 5.75 Å². The fourth-order valence-corrected chi connectivity index (χ4v) is 3.98. The predicted octanol–water partition coefficient (Wildman–Crippen LogP) is 6.14. The molecule has 0 unspecified atom stereocenters. The van der Waals surface area contributed by atoms with Crippen molar-refractivity contribution in [2.45, 2.75) is 33.8 Å². The number of carbonyl (C=O) groups excluding carboxylic acids is 2. The van der Waals surface area contributed by atoms with Crippen LogP contribution in [-0.2, 0) is 9.59 Å². The van der Waals surface area contributed by atoms with Gasteiger partial charge in [-0.3, -0.25) is 9.59 Å². The number of benzene rings is 3. The second-order valence-corrected chi connectivity index (χ2v) is 8.72. The van der Waals surface area contributed by atoms with E-state index >= 15 is 0 Å². The molecular formula is C27H25ClN2O3. The van der Waals surface area contributed by atoms with Crippen molar-refractivity contribution < 1.29 is 14.3 Å². The minimum Gasteiger partial charge on any atom is -0.489 e. The van der Waals surface area contributed by atoms with E-state index in [0.717, 1.165) is 11.1 Å². The van der Waals surface area contributed by atoms with Gasteiger partial charge in [-0.05, 0) is 69.2 Å². The Morgan fingerprint density at radius 3 is 2.27 bits per heavy atom. The van der Waals surface area contributed by atoms with E-state index in [1.165, 1.54) is 4.90 Å². The first kappa shape index (κ1) is 22.6.